The molecule has 0 bridgehead atoms. The van der Waals surface area contributed by atoms with E-state index in [9.17, 15) is 8.42 Å². The molecule has 1 rings (SSSR count). The van der Waals surface area contributed by atoms with Crippen LogP contribution in [0.25, 0.3) is 0 Å². The lowest BCUT2D eigenvalue weighted by atomic mass is 10.3. The highest BCUT2D eigenvalue weighted by Crippen LogP contribution is 2.15. The van der Waals surface area contributed by atoms with Crippen LogP contribution >= 0.6 is 0 Å². The molecule has 1 aromatic rings. The third-order valence-electron chi connectivity index (χ3n) is 1.73. The maximum atomic E-state index is 11.6. The molecule has 0 radical (unpaired) electrons. The van der Waals surface area contributed by atoms with Crippen molar-refractivity contribution >= 4 is 10.0 Å². The zero-order chi connectivity index (χ0) is 11.3. The Bertz CT molecular complexity index is 416. The first-order chi connectivity index (χ1) is 7.06. The van der Waals surface area contributed by atoms with Crippen molar-refractivity contribution in [3.05, 3.63) is 24.3 Å². The van der Waals surface area contributed by atoms with E-state index in [-0.39, 0.29) is 17.2 Å². The molecule has 0 aliphatic heterocycles. The molecule has 0 atom stereocenters. The normalized spacial score (nSPS) is 11.5. The van der Waals surface area contributed by atoms with E-state index in [1.807, 2.05) is 0 Å². The summed E-state index contributed by atoms with van der Waals surface area (Å²) in [5, 5.41) is 9.13. The standard InChI is InChI=1S/C9H13NO4S/c1-14-6-5-10-15(12,13)9-4-2-3-8(11)7-9/h2-4,7,10-11H,5-6H2,1H3. The number of phenolic OH excluding ortho intramolecular Hbond substituents is 1. The molecule has 0 fully saturated rings. The van der Waals surface area contributed by atoms with E-state index in [0.717, 1.165) is 0 Å². The molecule has 0 spiro atoms. The smallest absolute Gasteiger partial charge is 0.240 e. The average molecular weight is 231 g/mol. The number of phenols is 1. The number of aromatic hydroxyl groups is 1. The number of nitrogens with one attached hydrogen (secondary N) is 1. The van der Waals surface area contributed by atoms with Gasteiger partial charge >= 0.3 is 0 Å². The van der Waals surface area contributed by atoms with Gasteiger partial charge in [0.05, 0.1) is 11.5 Å². The fraction of sp³-hybridized carbons (Fsp3) is 0.333. The van der Waals surface area contributed by atoms with Crippen molar-refractivity contribution in [2.75, 3.05) is 20.3 Å². The minimum absolute atomic E-state index is 0.0404. The van der Waals surface area contributed by atoms with Gasteiger partial charge in [-0.15, -0.1) is 0 Å². The highest BCUT2D eigenvalue weighted by molar-refractivity contribution is 7.89. The van der Waals surface area contributed by atoms with Crippen molar-refractivity contribution in [1.82, 2.24) is 4.72 Å². The molecule has 0 heterocycles. The molecule has 5 nitrogen and oxygen atoms in total. The maximum Gasteiger partial charge on any atom is 0.240 e. The van der Waals surface area contributed by atoms with Crippen LogP contribution in [0.3, 0.4) is 0 Å². The van der Waals surface area contributed by atoms with Gasteiger partial charge in [0.15, 0.2) is 0 Å². The number of ether oxygens (including phenoxy) is 1. The molecular formula is C9H13NO4S. The van der Waals surface area contributed by atoms with Crippen LogP contribution in [0.1, 0.15) is 0 Å². The second-order valence-corrected chi connectivity index (χ2v) is 4.65. The van der Waals surface area contributed by atoms with Crippen LogP contribution in [0.15, 0.2) is 29.2 Å². The Hall–Kier alpha value is -1.11. The first-order valence-electron chi connectivity index (χ1n) is 4.34. The van der Waals surface area contributed by atoms with E-state index in [2.05, 4.69) is 4.72 Å². The van der Waals surface area contributed by atoms with E-state index >= 15 is 0 Å². The number of rotatable bonds is 5. The lowest BCUT2D eigenvalue weighted by Gasteiger charge is -2.06. The summed E-state index contributed by atoms with van der Waals surface area (Å²) in [5.74, 6) is -0.0791. The van der Waals surface area contributed by atoms with E-state index in [1.165, 1.54) is 31.4 Å². The van der Waals surface area contributed by atoms with Gasteiger partial charge in [-0.05, 0) is 18.2 Å². The Morgan fingerprint density at radius 3 is 2.80 bits per heavy atom. The monoisotopic (exact) mass is 231 g/mol. The van der Waals surface area contributed by atoms with Gasteiger partial charge in [0.25, 0.3) is 0 Å². The van der Waals surface area contributed by atoms with Crippen molar-refractivity contribution in [2.24, 2.45) is 0 Å². The first kappa shape index (κ1) is 12.0. The second kappa shape index (κ2) is 5.11. The Balaban J connectivity index is 2.77. The molecule has 1 aromatic carbocycles. The van der Waals surface area contributed by atoms with Crippen LogP contribution in [0.4, 0.5) is 0 Å². The van der Waals surface area contributed by atoms with Gasteiger partial charge in [0, 0.05) is 13.7 Å². The lowest BCUT2D eigenvalue weighted by Crippen LogP contribution is -2.27. The van der Waals surface area contributed by atoms with Gasteiger partial charge in [0.1, 0.15) is 5.75 Å². The Kier molecular flexibility index (Phi) is 4.07. The maximum absolute atomic E-state index is 11.6. The number of hydrogen-bond acceptors (Lipinski definition) is 4. The quantitative estimate of drug-likeness (QED) is 0.715. The van der Waals surface area contributed by atoms with Crippen molar-refractivity contribution in [2.45, 2.75) is 4.90 Å². The molecule has 0 aliphatic carbocycles. The van der Waals surface area contributed by atoms with Crippen LogP contribution in [0, 0.1) is 0 Å². The highest BCUT2D eigenvalue weighted by Gasteiger charge is 2.13. The fourth-order valence-corrected chi connectivity index (χ4v) is 2.06. The molecule has 0 amide bonds. The predicted octanol–water partition coefficient (Wildman–Crippen LogP) is 0.317. The van der Waals surface area contributed by atoms with Gasteiger partial charge in [-0.2, -0.15) is 0 Å². The molecule has 84 valence electrons. The molecule has 2 N–H and O–H groups in total. The summed E-state index contributed by atoms with van der Waals surface area (Å²) in [5.41, 5.74) is 0. The molecular weight excluding hydrogens is 218 g/mol. The molecule has 6 heteroatoms. The largest absolute Gasteiger partial charge is 0.508 e. The molecule has 0 aromatic heterocycles. The number of sulfonamides is 1. The highest BCUT2D eigenvalue weighted by atomic mass is 32.2. The first-order valence-corrected chi connectivity index (χ1v) is 5.82. The Morgan fingerprint density at radius 2 is 2.20 bits per heavy atom. The fourth-order valence-electron chi connectivity index (χ4n) is 1.01. The van der Waals surface area contributed by atoms with Crippen LogP contribution in [0.2, 0.25) is 0 Å². The van der Waals surface area contributed by atoms with Crippen LogP contribution < -0.4 is 4.72 Å². The summed E-state index contributed by atoms with van der Waals surface area (Å²) < 4.78 is 30.2. The lowest BCUT2D eigenvalue weighted by molar-refractivity contribution is 0.204. The zero-order valence-corrected chi connectivity index (χ0v) is 9.12. The van der Waals surface area contributed by atoms with Gasteiger partial charge in [0.2, 0.25) is 10.0 Å². The minimum Gasteiger partial charge on any atom is -0.508 e. The van der Waals surface area contributed by atoms with Gasteiger partial charge < -0.3 is 9.84 Å². The third kappa shape index (κ3) is 3.50. The van der Waals surface area contributed by atoms with Gasteiger partial charge in [-0.3, -0.25) is 0 Å². The molecule has 0 saturated carbocycles. The summed E-state index contributed by atoms with van der Waals surface area (Å²) in [7, 11) is -2.06. The van der Waals surface area contributed by atoms with E-state index in [0.29, 0.717) is 6.61 Å². The average Bonchev–Trinajstić information content (AvgIpc) is 2.18. The van der Waals surface area contributed by atoms with Gasteiger partial charge in [-0.25, -0.2) is 13.1 Å². The molecule has 0 unspecified atom stereocenters. The third-order valence-corrected chi connectivity index (χ3v) is 3.18. The number of hydrogen-bond donors (Lipinski definition) is 2. The van der Waals surface area contributed by atoms with Gasteiger partial charge in [-0.1, -0.05) is 6.07 Å². The summed E-state index contributed by atoms with van der Waals surface area (Å²) in [6, 6.07) is 5.48. The van der Waals surface area contributed by atoms with Crippen molar-refractivity contribution in [3.63, 3.8) is 0 Å². The van der Waals surface area contributed by atoms with E-state index in [1.54, 1.807) is 0 Å². The molecule has 15 heavy (non-hydrogen) atoms. The predicted molar refractivity (Wildman–Crippen MR) is 55.2 cm³/mol. The Morgan fingerprint density at radius 1 is 1.47 bits per heavy atom. The van der Waals surface area contributed by atoms with Crippen LogP contribution in [0.5, 0.6) is 5.75 Å². The minimum atomic E-state index is -3.55. The van der Waals surface area contributed by atoms with Crippen molar-refractivity contribution in [1.29, 1.82) is 0 Å². The number of benzene rings is 1. The zero-order valence-electron chi connectivity index (χ0n) is 8.30. The number of methoxy groups -OCH3 is 1. The summed E-state index contributed by atoms with van der Waals surface area (Å²) in [6.45, 7) is 0.506. The van der Waals surface area contributed by atoms with E-state index < -0.39 is 10.0 Å². The van der Waals surface area contributed by atoms with Crippen molar-refractivity contribution in [3.8, 4) is 5.75 Å². The molecule has 0 saturated heterocycles. The van der Waals surface area contributed by atoms with E-state index in [4.69, 9.17) is 9.84 Å². The van der Waals surface area contributed by atoms with Crippen molar-refractivity contribution < 1.29 is 18.3 Å². The second-order valence-electron chi connectivity index (χ2n) is 2.89. The SMILES string of the molecule is COCCNS(=O)(=O)c1cccc(O)c1. The van der Waals surface area contributed by atoms with Crippen LogP contribution in [-0.4, -0.2) is 33.8 Å². The summed E-state index contributed by atoms with van der Waals surface area (Å²) >= 11 is 0. The summed E-state index contributed by atoms with van der Waals surface area (Å²) in [6.07, 6.45) is 0. The topological polar surface area (TPSA) is 75.6 Å². The molecule has 0 aliphatic rings. The Labute approximate surface area is 88.7 Å². The summed E-state index contributed by atoms with van der Waals surface area (Å²) in [4.78, 5) is 0.0404. The van der Waals surface area contributed by atoms with Crippen LogP contribution in [-0.2, 0) is 14.8 Å².